The zero-order valence-corrected chi connectivity index (χ0v) is 21.1. The molecule has 0 aliphatic rings. The predicted molar refractivity (Wildman–Crippen MR) is 139 cm³/mol. The van der Waals surface area contributed by atoms with Gasteiger partial charge in [-0.15, -0.1) is 0 Å². The van der Waals surface area contributed by atoms with Gasteiger partial charge >= 0.3 is 0 Å². The van der Waals surface area contributed by atoms with Crippen LogP contribution < -0.4 is 4.74 Å². The summed E-state index contributed by atoms with van der Waals surface area (Å²) in [6.07, 6.45) is 20.5. The average molecular weight is 438 g/mol. The Bertz CT molecular complexity index is 630. The van der Waals surface area contributed by atoms with Crippen LogP contribution in [-0.4, -0.2) is 11.6 Å². The average Bonchev–Trinajstić information content (AvgIpc) is 2.83. The van der Waals surface area contributed by atoms with Crippen molar-refractivity contribution < 1.29 is 4.74 Å². The lowest BCUT2D eigenvalue weighted by Gasteiger charge is -2.13. The van der Waals surface area contributed by atoms with E-state index >= 15 is 0 Å². The summed E-state index contributed by atoms with van der Waals surface area (Å²) in [5.41, 5.74) is 3.81. The number of unbranched alkanes of at least 4 members (excludes halogenated alkanes) is 11. The molecule has 1 aromatic heterocycles. The maximum absolute atomic E-state index is 5.93. The third-order valence-electron chi connectivity index (χ3n) is 6.51. The number of hydrogen-bond donors (Lipinski definition) is 0. The zero-order valence-electron chi connectivity index (χ0n) is 21.1. The summed E-state index contributed by atoms with van der Waals surface area (Å²) in [6.45, 7) is 7.60. The molecule has 2 rings (SSSR count). The van der Waals surface area contributed by atoms with Crippen molar-refractivity contribution in [2.75, 3.05) is 6.61 Å². The Kier molecular flexibility index (Phi) is 13.8. The molecule has 1 aromatic carbocycles. The molecule has 2 aromatic rings. The molecule has 0 saturated heterocycles. The van der Waals surface area contributed by atoms with Gasteiger partial charge in [0, 0.05) is 17.8 Å². The summed E-state index contributed by atoms with van der Waals surface area (Å²) in [4.78, 5) is 4.78. The Morgan fingerprint density at radius 2 is 1.28 bits per heavy atom. The molecule has 32 heavy (non-hydrogen) atoms. The van der Waals surface area contributed by atoms with Crippen molar-refractivity contribution in [3.05, 3.63) is 59.4 Å². The van der Waals surface area contributed by atoms with Gasteiger partial charge in [-0.2, -0.15) is 0 Å². The quantitative estimate of drug-likeness (QED) is 0.217. The first-order chi connectivity index (χ1) is 15.7. The van der Waals surface area contributed by atoms with Gasteiger partial charge in [0.05, 0.1) is 6.61 Å². The molecule has 0 spiro atoms. The highest BCUT2D eigenvalue weighted by atomic mass is 16.5. The van der Waals surface area contributed by atoms with Crippen LogP contribution in [0.2, 0.25) is 0 Å². The van der Waals surface area contributed by atoms with Crippen LogP contribution in [0.5, 0.6) is 5.75 Å². The Morgan fingerprint density at radius 1 is 0.688 bits per heavy atom. The van der Waals surface area contributed by atoms with Crippen LogP contribution in [0.4, 0.5) is 0 Å². The maximum atomic E-state index is 5.93. The fourth-order valence-corrected chi connectivity index (χ4v) is 4.22. The van der Waals surface area contributed by atoms with E-state index in [4.69, 9.17) is 9.72 Å². The molecular weight excluding hydrogens is 390 g/mol. The largest absolute Gasteiger partial charge is 0.494 e. The van der Waals surface area contributed by atoms with E-state index < -0.39 is 0 Å². The van der Waals surface area contributed by atoms with Gasteiger partial charge in [0.2, 0.25) is 0 Å². The molecule has 0 radical (unpaired) electrons. The second-order valence-electron chi connectivity index (χ2n) is 9.37. The lowest BCUT2D eigenvalue weighted by Crippen LogP contribution is -2.01. The highest BCUT2D eigenvalue weighted by molar-refractivity contribution is 5.33. The lowest BCUT2D eigenvalue weighted by molar-refractivity contribution is 0.304. The number of pyridine rings is 1. The first-order valence-electron chi connectivity index (χ1n) is 13.4. The van der Waals surface area contributed by atoms with Gasteiger partial charge in [-0.1, -0.05) is 110 Å². The van der Waals surface area contributed by atoms with Gasteiger partial charge < -0.3 is 4.74 Å². The van der Waals surface area contributed by atoms with Gasteiger partial charge in [-0.3, -0.25) is 4.98 Å². The summed E-state index contributed by atoms with van der Waals surface area (Å²) >= 11 is 0. The third-order valence-corrected chi connectivity index (χ3v) is 6.51. The highest BCUT2D eigenvalue weighted by Gasteiger charge is 2.10. The molecule has 2 heteroatoms. The number of aryl methyl sites for hydroxylation is 1. The minimum atomic E-state index is 0.301. The lowest BCUT2D eigenvalue weighted by atomic mass is 9.96. The minimum Gasteiger partial charge on any atom is -0.494 e. The van der Waals surface area contributed by atoms with E-state index in [2.05, 4.69) is 63.4 Å². The Balaban J connectivity index is 1.69. The summed E-state index contributed by atoms with van der Waals surface area (Å²) in [6, 6.07) is 13.1. The topological polar surface area (TPSA) is 22.1 Å². The molecule has 0 N–H and O–H groups in total. The number of aromatic nitrogens is 1. The van der Waals surface area contributed by atoms with E-state index in [0.717, 1.165) is 30.9 Å². The highest BCUT2D eigenvalue weighted by Crippen LogP contribution is 2.25. The fourth-order valence-electron chi connectivity index (χ4n) is 4.22. The van der Waals surface area contributed by atoms with Gasteiger partial charge in [0.25, 0.3) is 0 Å². The van der Waals surface area contributed by atoms with Crippen molar-refractivity contribution in [3.63, 3.8) is 0 Å². The molecule has 0 saturated carbocycles. The van der Waals surface area contributed by atoms with Crippen molar-refractivity contribution in [2.45, 2.75) is 117 Å². The number of rotatable bonds is 18. The molecule has 1 atom stereocenters. The molecule has 0 fully saturated rings. The van der Waals surface area contributed by atoms with Crippen molar-refractivity contribution in [1.82, 2.24) is 4.98 Å². The maximum Gasteiger partial charge on any atom is 0.119 e. The first-order valence-corrected chi connectivity index (χ1v) is 13.4. The molecule has 1 heterocycles. The third kappa shape index (κ3) is 10.7. The van der Waals surface area contributed by atoms with Crippen LogP contribution in [0.15, 0.2) is 42.6 Å². The molecule has 178 valence electrons. The van der Waals surface area contributed by atoms with Crippen molar-refractivity contribution >= 4 is 0 Å². The first kappa shape index (κ1) is 26.4. The smallest absolute Gasteiger partial charge is 0.119 e. The summed E-state index contributed by atoms with van der Waals surface area (Å²) in [5, 5.41) is 0. The second-order valence-corrected chi connectivity index (χ2v) is 9.37. The van der Waals surface area contributed by atoms with Crippen LogP contribution in [0.1, 0.15) is 127 Å². The summed E-state index contributed by atoms with van der Waals surface area (Å²) in [5.74, 6) is 1.28. The van der Waals surface area contributed by atoms with E-state index in [-0.39, 0.29) is 0 Å². The van der Waals surface area contributed by atoms with Gasteiger partial charge in [-0.25, -0.2) is 0 Å². The van der Waals surface area contributed by atoms with Gasteiger partial charge in [0.15, 0.2) is 0 Å². The molecule has 0 bridgehead atoms. The van der Waals surface area contributed by atoms with E-state index in [1.54, 1.807) is 0 Å². The molecular formula is C30H47NO. The molecule has 0 aliphatic heterocycles. The van der Waals surface area contributed by atoms with Crippen LogP contribution >= 0.6 is 0 Å². The number of ether oxygens (including phenoxy) is 1. The molecule has 1 unspecified atom stereocenters. The Morgan fingerprint density at radius 3 is 1.88 bits per heavy atom. The Hall–Kier alpha value is -1.83. The van der Waals surface area contributed by atoms with Crippen molar-refractivity contribution in [2.24, 2.45) is 0 Å². The van der Waals surface area contributed by atoms with Crippen LogP contribution in [0, 0.1) is 0 Å². The number of benzene rings is 1. The SMILES string of the molecule is CCCCCCCCCc1ccc(C(C)c2ccc(OCCCCCCCC)cc2)nc1. The van der Waals surface area contributed by atoms with E-state index in [0.29, 0.717) is 5.92 Å². The van der Waals surface area contributed by atoms with Crippen LogP contribution in [-0.2, 0) is 6.42 Å². The van der Waals surface area contributed by atoms with Gasteiger partial charge in [-0.05, 0) is 48.6 Å². The standard InChI is InChI=1S/C30H47NO/c1-4-6-8-10-12-13-15-17-27-18-23-30(31-25-27)26(3)28-19-21-29(22-20-28)32-24-16-14-11-9-7-5-2/h18-23,25-26H,4-17,24H2,1-3H3. The fraction of sp³-hybridized carbons (Fsp3) is 0.633. The van der Waals surface area contributed by atoms with Crippen molar-refractivity contribution in [1.29, 1.82) is 0 Å². The predicted octanol–water partition coefficient (Wildman–Crippen LogP) is 9.27. The monoisotopic (exact) mass is 437 g/mol. The molecule has 0 aliphatic carbocycles. The minimum absolute atomic E-state index is 0.301. The van der Waals surface area contributed by atoms with Crippen LogP contribution in [0.25, 0.3) is 0 Å². The molecule has 2 nitrogen and oxygen atoms in total. The van der Waals surface area contributed by atoms with Gasteiger partial charge in [0.1, 0.15) is 5.75 Å². The van der Waals surface area contributed by atoms with Crippen LogP contribution in [0.3, 0.4) is 0 Å². The number of nitrogens with zero attached hydrogens (tertiary/aromatic N) is 1. The normalized spacial score (nSPS) is 12.1. The second kappa shape index (κ2) is 16.8. The van der Waals surface area contributed by atoms with E-state index in [1.165, 1.54) is 88.2 Å². The Labute approximate surface area is 198 Å². The molecule has 0 amide bonds. The summed E-state index contributed by atoms with van der Waals surface area (Å²) < 4.78 is 5.93. The zero-order chi connectivity index (χ0) is 22.9. The number of hydrogen-bond acceptors (Lipinski definition) is 2. The van der Waals surface area contributed by atoms with E-state index in [1.807, 2.05) is 0 Å². The summed E-state index contributed by atoms with van der Waals surface area (Å²) in [7, 11) is 0. The van der Waals surface area contributed by atoms with E-state index in [9.17, 15) is 0 Å². The van der Waals surface area contributed by atoms with Crippen molar-refractivity contribution in [3.8, 4) is 5.75 Å².